The number of carbonyl (C=O) groups is 4. The van der Waals surface area contributed by atoms with Gasteiger partial charge in [0.25, 0.3) is 11.8 Å². The Morgan fingerprint density at radius 3 is 1.93 bits per heavy atom. The average molecular weight is 380 g/mol. The van der Waals surface area contributed by atoms with E-state index in [0.717, 1.165) is 4.90 Å². The van der Waals surface area contributed by atoms with E-state index in [-0.39, 0.29) is 5.92 Å². The Kier molecular flexibility index (Phi) is 5.26. The highest BCUT2D eigenvalue weighted by molar-refractivity contribution is 6.23. The van der Waals surface area contributed by atoms with Gasteiger partial charge in [-0.05, 0) is 42.3 Å². The summed E-state index contributed by atoms with van der Waals surface area (Å²) in [6, 6.07) is 11.7. The van der Waals surface area contributed by atoms with Crippen LogP contribution in [0.25, 0.3) is 0 Å². The number of imide groups is 1. The Bertz CT molecular complexity index is 915. The number of fused-ring (bicyclic) bond motifs is 1. The van der Waals surface area contributed by atoms with Gasteiger partial charge in [-0.25, -0.2) is 4.79 Å². The number of nitrogens with zero attached hydrogens (tertiary/aromatic N) is 1. The second kappa shape index (κ2) is 7.64. The lowest BCUT2D eigenvalue weighted by Crippen LogP contribution is -2.50. The molecule has 3 rings (SSSR count). The number of methoxy groups -OCH3 is 1. The van der Waals surface area contributed by atoms with Crippen molar-refractivity contribution in [3.63, 3.8) is 0 Å². The monoisotopic (exact) mass is 380 g/mol. The van der Waals surface area contributed by atoms with Crippen molar-refractivity contribution in [2.75, 3.05) is 12.4 Å². The van der Waals surface area contributed by atoms with E-state index in [1.165, 1.54) is 19.2 Å². The van der Waals surface area contributed by atoms with Crippen LogP contribution in [0.15, 0.2) is 48.5 Å². The number of hydrogen-bond donors (Lipinski definition) is 1. The van der Waals surface area contributed by atoms with E-state index in [2.05, 4.69) is 10.1 Å². The minimum atomic E-state index is -0.965. The average Bonchev–Trinajstić information content (AvgIpc) is 2.93. The van der Waals surface area contributed by atoms with Crippen molar-refractivity contribution in [3.05, 3.63) is 65.2 Å². The van der Waals surface area contributed by atoms with Crippen LogP contribution in [-0.2, 0) is 9.53 Å². The van der Waals surface area contributed by atoms with Crippen molar-refractivity contribution in [2.45, 2.75) is 19.9 Å². The molecule has 3 amide bonds. The summed E-state index contributed by atoms with van der Waals surface area (Å²) in [5.41, 5.74) is 1.39. The fraction of sp³-hybridized carbons (Fsp3) is 0.238. The second-order valence-corrected chi connectivity index (χ2v) is 6.77. The van der Waals surface area contributed by atoms with Crippen LogP contribution >= 0.6 is 0 Å². The van der Waals surface area contributed by atoms with E-state index in [4.69, 9.17) is 0 Å². The normalized spacial score (nSPS) is 14.1. The number of rotatable bonds is 5. The molecule has 0 bridgehead atoms. The predicted octanol–water partition coefficient (Wildman–Crippen LogP) is 2.73. The number of anilines is 1. The van der Waals surface area contributed by atoms with Crippen molar-refractivity contribution in [3.8, 4) is 0 Å². The summed E-state index contributed by atoms with van der Waals surface area (Å²) in [7, 11) is 1.29. The molecule has 0 aromatic heterocycles. The van der Waals surface area contributed by atoms with Gasteiger partial charge in [-0.3, -0.25) is 19.3 Å². The molecule has 0 aliphatic carbocycles. The van der Waals surface area contributed by atoms with Crippen molar-refractivity contribution in [1.82, 2.24) is 4.90 Å². The highest BCUT2D eigenvalue weighted by Gasteiger charge is 2.43. The van der Waals surface area contributed by atoms with Crippen molar-refractivity contribution in [1.29, 1.82) is 0 Å². The van der Waals surface area contributed by atoms with Crippen LogP contribution < -0.4 is 5.32 Å². The molecule has 144 valence electrons. The summed E-state index contributed by atoms with van der Waals surface area (Å²) in [4.78, 5) is 50.9. The number of carbonyl (C=O) groups excluding carboxylic acids is 4. The maximum atomic E-state index is 12.9. The maximum Gasteiger partial charge on any atom is 0.337 e. The molecule has 0 saturated carbocycles. The smallest absolute Gasteiger partial charge is 0.337 e. The largest absolute Gasteiger partial charge is 0.465 e. The standard InChI is InChI=1S/C21H20N2O5/c1-12(2)17(23-19(25)15-6-4-5-7-16(15)20(23)26)18(24)22-14-10-8-13(9-11-14)21(27)28-3/h4-12,17H,1-3H3,(H,22,24). The van der Waals surface area contributed by atoms with Crippen LogP contribution in [0, 0.1) is 5.92 Å². The lowest BCUT2D eigenvalue weighted by atomic mass is 10.0. The van der Waals surface area contributed by atoms with Crippen LogP contribution in [0.2, 0.25) is 0 Å². The van der Waals surface area contributed by atoms with Crippen LogP contribution in [0.4, 0.5) is 5.69 Å². The molecule has 0 fully saturated rings. The number of hydrogen-bond acceptors (Lipinski definition) is 5. The van der Waals surface area contributed by atoms with Gasteiger partial charge in [0.05, 0.1) is 23.8 Å². The number of ether oxygens (including phenoxy) is 1. The van der Waals surface area contributed by atoms with Crippen LogP contribution in [0.3, 0.4) is 0 Å². The maximum absolute atomic E-state index is 12.9. The fourth-order valence-corrected chi connectivity index (χ4v) is 3.20. The third kappa shape index (κ3) is 3.38. The van der Waals surface area contributed by atoms with Gasteiger partial charge in [0.15, 0.2) is 0 Å². The quantitative estimate of drug-likeness (QED) is 0.636. The number of amides is 3. The molecule has 0 spiro atoms. The van der Waals surface area contributed by atoms with Crippen LogP contribution in [-0.4, -0.2) is 41.7 Å². The van der Waals surface area contributed by atoms with Crippen molar-refractivity contribution >= 4 is 29.4 Å². The van der Waals surface area contributed by atoms with Crippen molar-refractivity contribution < 1.29 is 23.9 Å². The Labute approximate surface area is 162 Å². The summed E-state index contributed by atoms with van der Waals surface area (Å²) < 4.78 is 4.64. The number of nitrogens with one attached hydrogen (secondary N) is 1. The minimum Gasteiger partial charge on any atom is -0.465 e. The highest BCUT2D eigenvalue weighted by atomic mass is 16.5. The number of benzene rings is 2. The Hall–Kier alpha value is -3.48. The lowest BCUT2D eigenvalue weighted by Gasteiger charge is -2.28. The third-order valence-electron chi connectivity index (χ3n) is 4.58. The van der Waals surface area contributed by atoms with E-state index in [9.17, 15) is 19.2 Å². The Balaban J connectivity index is 1.83. The Morgan fingerprint density at radius 1 is 0.929 bits per heavy atom. The van der Waals surface area contributed by atoms with Gasteiger partial charge in [-0.15, -0.1) is 0 Å². The minimum absolute atomic E-state index is 0.295. The first-order valence-electron chi connectivity index (χ1n) is 8.81. The molecule has 7 nitrogen and oxygen atoms in total. The summed E-state index contributed by atoms with van der Waals surface area (Å²) in [5.74, 6) is -2.21. The molecular weight excluding hydrogens is 360 g/mol. The van der Waals surface area contributed by atoms with Gasteiger partial charge in [0.2, 0.25) is 5.91 Å². The molecule has 1 atom stereocenters. The second-order valence-electron chi connectivity index (χ2n) is 6.77. The topological polar surface area (TPSA) is 92.8 Å². The van der Waals surface area contributed by atoms with Crippen molar-refractivity contribution in [2.24, 2.45) is 5.92 Å². The Morgan fingerprint density at radius 2 is 1.46 bits per heavy atom. The van der Waals surface area contributed by atoms with Gasteiger partial charge in [-0.2, -0.15) is 0 Å². The molecule has 7 heteroatoms. The molecule has 2 aromatic carbocycles. The first-order chi connectivity index (χ1) is 13.3. The van der Waals surface area contributed by atoms with E-state index in [1.54, 1.807) is 50.2 Å². The predicted molar refractivity (Wildman–Crippen MR) is 102 cm³/mol. The first-order valence-corrected chi connectivity index (χ1v) is 8.81. The van der Waals surface area contributed by atoms with Crippen LogP contribution in [0.1, 0.15) is 44.9 Å². The van der Waals surface area contributed by atoms with Gasteiger partial charge in [0, 0.05) is 5.69 Å². The zero-order valence-electron chi connectivity index (χ0n) is 15.8. The molecule has 0 radical (unpaired) electrons. The molecule has 1 N–H and O–H groups in total. The summed E-state index contributed by atoms with van der Waals surface area (Å²) in [6.45, 7) is 3.54. The van der Waals surface area contributed by atoms with E-state index >= 15 is 0 Å². The van der Waals surface area contributed by atoms with E-state index in [1.807, 2.05) is 0 Å². The zero-order chi connectivity index (χ0) is 20.4. The first kappa shape index (κ1) is 19.3. The van der Waals surface area contributed by atoms with E-state index in [0.29, 0.717) is 22.4 Å². The van der Waals surface area contributed by atoms with Crippen LogP contribution in [0.5, 0.6) is 0 Å². The van der Waals surface area contributed by atoms with Gasteiger partial charge >= 0.3 is 5.97 Å². The fourth-order valence-electron chi connectivity index (χ4n) is 3.20. The van der Waals surface area contributed by atoms with Gasteiger partial charge in [0.1, 0.15) is 6.04 Å². The molecule has 1 aliphatic heterocycles. The highest BCUT2D eigenvalue weighted by Crippen LogP contribution is 2.27. The molecular formula is C21H20N2O5. The third-order valence-corrected chi connectivity index (χ3v) is 4.58. The number of esters is 1. The molecule has 28 heavy (non-hydrogen) atoms. The molecule has 1 aliphatic rings. The summed E-state index contributed by atoms with van der Waals surface area (Å²) >= 11 is 0. The molecule has 1 heterocycles. The summed E-state index contributed by atoms with van der Waals surface area (Å²) in [6.07, 6.45) is 0. The van der Waals surface area contributed by atoms with Gasteiger partial charge < -0.3 is 10.1 Å². The summed E-state index contributed by atoms with van der Waals surface area (Å²) in [5, 5.41) is 2.72. The molecule has 1 unspecified atom stereocenters. The lowest BCUT2D eigenvalue weighted by molar-refractivity contribution is -0.121. The molecule has 2 aromatic rings. The zero-order valence-corrected chi connectivity index (χ0v) is 15.8. The molecule has 0 saturated heterocycles. The van der Waals surface area contributed by atoms with Gasteiger partial charge in [-0.1, -0.05) is 26.0 Å². The SMILES string of the molecule is COC(=O)c1ccc(NC(=O)C(C(C)C)N2C(=O)c3ccccc3C2=O)cc1. The van der Waals surface area contributed by atoms with E-state index < -0.39 is 29.7 Å².